The van der Waals surface area contributed by atoms with Crippen LogP contribution in [0.3, 0.4) is 0 Å². The molecule has 1 aliphatic heterocycles. The molecule has 1 aromatic rings. The molecule has 1 saturated heterocycles. The lowest BCUT2D eigenvalue weighted by atomic mass is 10.1. The topological polar surface area (TPSA) is 53.1 Å². The molecule has 2 heterocycles. The first kappa shape index (κ1) is 15.3. The van der Waals surface area contributed by atoms with Gasteiger partial charge in [0.1, 0.15) is 10.8 Å². The van der Waals surface area contributed by atoms with Gasteiger partial charge in [-0.2, -0.15) is 4.98 Å². The summed E-state index contributed by atoms with van der Waals surface area (Å²) in [5.41, 5.74) is 0. The van der Waals surface area contributed by atoms with Crippen molar-refractivity contribution in [2.45, 2.75) is 26.7 Å². The Hall–Kier alpha value is -1.07. The molecule has 2 rings (SSSR count). The normalized spacial score (nSPS) is 17.1. The summed E-state index contributed by atoms with van der Waals surface area (Å²) >= 11 is 6.12. The van der Waals surface area contributed by atoms with Crippen molar-refractivity contribution in [3.8, 4) is 0 Å². The molecule has 1 unspecified atom stereocenters. The minimum absolute atomic E-state index is 0.569. The van der Waals surface area contributed by atoms with Crippen LogP contribution in [0.5, 0.6) is 0 Å². The zero-order valence-corrected chi connectivity index (χ0v) is 13.1. The van der Waals surface area contributed by atoms with Gasteiger partial charge in [-0.1, -0.05) is 18.5 Å². The van der Waals surface area contributed by atoms with Gasteiger partial charge in [0.2, 0.25) is 5.95 Å². The number of hydrogen-bond acceptors (Lipinski definition) is 5. The number of hydrogen-bond donors (Lipinski definition) is 2. The number of halogens is 1. The van der Waals surface area contributed by atoms with Gasteiger partial charge in [-0.05, 0) is 38.8 Å². The van der Waals surface area contributed by atoms with E-state index in [4.69, 9.17) is 11.6 Å². The van der Waals surface area contributed by atoms with Gasteiger partial charge in [0.25, 0.3) is 0 Å². The van der Waals surface area contributed by atoms with E-state index < -0.39 is 0 Å². The van der Waals surface area contributed by atoms with Crippen molar-refractivity contribution >= 4 is 23.4 Å². The maximum Gasteiger partial charge on any atom is 0.224 e. The molecular formula is C14H24ClN5. The molecule has 0 spiro atoms. The van der Waals surface area contributed by atoms with Gasteiger partial charge in [-0.25, -0.2) is 4.98 Å². The second kappa shape index (κ2) is 7.64. The van der Waals surface area contributed by atoms with Gasteiger partial charge in [-0.15, -0.1) is 0 Å². The second-order valence-electron chi connectivity index (χ2n) is 5.41. The Morgan fingerprint density at radius 2 is 2.10 bits per heavy atom. The molecule has 1 aromatic heterocycles. The highest BCUT2D eigenvalue weighted by atomic mass is 35.5. The minimum atomic E-state index is 0.569. The summed E-state index contributed by atoms with van der Waals surface area (Å²) in [6.07, 6.45) is 4.31. The molecule has 0 saturated carbocycles. The molecule has 0 radical (unpaired) electrons. The van der Waals surface area contributed by atoms with E-state index in [1.807, 2.05) is 6.92 Å². The third-order valence-corrected chi connectivity index (χ3v) is 3.74. The quantitative estimate of drug-likeness (QED) is 0.810. The van der Waals surface area contributed by atoms with Crippen LogP contribution >= 0.6 is 11.6 Å². The molecule has 1 aliphatic rings. The Kier molecular flexibility index (Phi) is 5.86. The Bertz CT molecular complexity index is 420. The third kappa shape index (κ3) is 4.49. The molecule has 0 aliphatic carbocycles. The monoisotopic (exact) mass is 297 g/mol. The van der Waals surface area contributed by atoms with Crippen molar-refractivity contribution in [3.05, 3.63) is 11.2 Å². The first-order valence-corrected chi connectivity index (χ1v) is 7.79. The second-order valence-corrected chi connectivity index (χ2v) is 5.82. The maximum absolute atomic E-state index is 6.12. The van der Waals surface area contributed by atoms with Crippen molar-refractivity contribution < 1.29 is 0 Å². The summed E-state index contributed by atoms with van der Waals surface area (Å²) < 4.78 is 0. The van der Waals surface area contributed by atoms with Crippen LogP contribution in [-0.2, 0) is 0 Å². The standard InChI is InChI=1S/C14H24ClN5/c1-3-16-14-18-9-12(15)13(19-14)17-8-11(2)10-20-6-4-5-7-20/h9,11H,3-8,10H2,1-2H3,(H2,16,17,18,19). The Balaban J connectivity index is 1.84. The molecule has 112 valence electrons. The number of nitrogens with zero attached hydrogens (tertiary/aromatic N) is 3. The van der Waals surface area contributed by atoms with Gasteiger partial charge in [0, 0.05) is 19.6 Å². The van der Waals surface area contributed by atoms with Gasteiger partial charge >= 0.3 is 0 Å². The lowest BCUT2D eigenvalue weighted by molar-refractivity contribution is 0.294. The Labute approximate surface area is 126 Å². The molecule has 0 aromatic carbocycles. The molecule has 6 heteroatoms. The van der Waals surface area contributed by atoms with Crippen molar-refractivity contribution in [2.24, 2.45) is 5.92 Å². The Morgan fingerprint density at radius 3 is 2.80 bits per heavy atom. The average molecular weight is 298 g/mol. The first-order valence-electron chi connectivity index (χ1n) is 7.41. The molecule has 5 nitrogen and oxygen atoms in total. The van der Waals surface area contributed by atoms with Crippen LogP contribution in [0.25, 0.3) is 0 Å². The molecule has 1 fully saturated rings. The van der Waals surface area contributed by atoms with Gasteiger partial charge in [-0.3, -0.25) is 0 Å². The molecular weight excluding hydrogens is 274 g/mol. The smallest absolute Gasteiger partial charge is 0.224 e. The highest BCUT2D eigenvalue weighted by Gasteiger charge is 2.15. The van der Waals surface area contributed by atoms with Crippen LogP contribution in [0.1, 0.15) is 26.7 Å². The van der Waals surface area contributed by atoms with E-state index in [0.717, 1.165) is 19.6 Å². The molecule has 0 bridgehead atoms. The fourth-order valence-corrected chi connectivity index (χ4v) is 2.63. The summed E-state index contributed by atoms with van der Waals surface area (Å²) in [5, 5.41) is 7.00. The van der Waals surface area contributed by atoms with E-state index in [1.165, 1.54) is 25.9 Å². The molecule has 1 atom stereocenters. The van der Waals surface area contributed by atoms with Crippen LogP contribution in [0.4, 0.5) is 11.8 Å². The van der Waals surface area contributed by atoms with E-state index in [2.05, 4.69) is 32.4 Å². The molecule has 2 N–H and O–H groups in total. The van der Waals surface area contributed by atoms with Crippen molar-refractivity contribution in [2.75, 3.05) is 43.4 Å². The van der Waals surface area contributed by atoms with Crippen LogP contribution in [-0.4, -0.2) is 47.6 Å². The SMILES string of the molecule is CCNc1ncc(Cl)c(NCC(C)CN2CCCC2)n1. The van der Waals surface area contributed by atoms with Gasteiger partial charge in [0.05, 0.1) is 6.20 Å². The van der Waals surface area contributed by atoms with E-state index in [0.29, 0.717) is 22.7 Å². The number of likely N-dealkylation sites (tertiary alicyclic amines) is 1. The predicted octanol–water partition coefficient (Wildman–Crippen LogP) is 2.71. The fraction of sp³-hybridized carbons (Fsp3) is 0.714. The summed E-state index contributed by atoms with van der Waals surface area (Å²) in [5.74, 6) is 1.90. The maximum atomic E-state index is 6.12. The van der Waals surface area contributed by atoms with Gasteiger partial charge in [0.15, 0.2) is 0 Å². The fourth-order valence-electron chi connectivity index (χ4n) is 2.48. The summed E-state index contributed by atoms with van der Waals surface area (Å²) in [6, 6.07) is 0. The summed E-state index contributed by atoms with van der Waals surface area (Å²) in [6.45, 7) is 9.56. The Morgan fingerprint density at radius 1 is 1.35 bits per heavy atom. The number of nitrogens with one attached hydrogen (secondary N) is 2. The number of anilines is 2. The van der Waals surface area contributed by atoms with Crippen LogP contribution in [0.2, 0.25) is 5.02 Å². The minimum Gasteiger partial charge on any atom is -0.368 e. The lowest BCUT2D eigenvalue weighted by Crippen LogP contribution is -2.29. The van der Waals surface area contributed by atoms with Crippen LogP contribution in [0.15, 0.2) is 6.20 Å². The zero-order valence-electron chi connectivity index (χ0n) is 12.3. The van der Waals surface area contributed by atoms with E-state index in [-0.39, 0.29) is 0 Å². The zero-order chi connectivity index (χ0) is 14.4. The summed E-state index contributed by atoms with van der Waals surface area (Å²) in [4.78, 5) is 11.0. The van der Waals surface area contributed by atoms with E-state index >= 15 is 0 Å². The van der Waals surface area contributed by atoms with E-state index in [9.17, 15) is 0 Å². The van der Waals surface area contributed by atoms with Crippen molar-refractivity contribution in [1.82, 2.24) is 14.9 Å². The van der Waals surface area contributed by atoms with Crippen LogP contribution < -0.4 is 10.6 Å². The third-order valence-electron chi connectivity index (χ3n) is 3.47. The van der Waals surface area contributed by atoms with Crippen molar-refractivity contribution in [1.29, 1.82) is 0 Å². The number of rotatable bonds is 7. The van der Waals surface area contributed by atoms with Crippen LogP contribution in [0, 0.1) is 5.92 Å². The molecule has 0 amide bonds. The largest absolute Gasteiger partial charge is 0.368 e. The summed E-state index contributed by atoms with van der Waals surface area (Å²) in [7, 11) is 0. The highest BCUT2D eigenvalue weighted by molar-refractivity contribution is 6.32. The highest BCUT2D eigenvalue weighted by Crippen LogP contribution is 2.20. The van der Waals surface area contributed by atoms with E-state index in [1.54, 1.807) is 6.20 Å². The first-order chi connectivity index (χ1) is 9.69. The number of aromatic nitrogens is 2. The predicted molar refractivity (Wildman–Crippen MR) is 84.5 cm³/mol. The van der Waals surface area contributed by atoms with Gasteiger partial charge < -0.3 is 15.5 Å². The lowest BCUT2D eigenvalue weighted by Gasteiger charge is -2.21. The van der Waals surface area contributed by atoms with Crippen molar-refractivity contribution in [3.63, 3.8) is 0 Å². The molecule has 20 heavy (non-hydrogen) atoms. The average Bonchev–Trinajstić information content (AvgIpc) is 2.92.